The number of aromatic amines is 1. The number of nitrogens with zero attached hydrogens (tertiary/aromatic N) is 2. The Kier molecular flexibility index (Phi) is 6.90. The van der Waals surface area contributed by atoms with Gasteiger partial charge in [-0.05, 0) is 61.0 Å². The summed E-state index contributed by atoms with van der Waals surface area (Å²) in [6.07, 6.45) is 3.85. The van der Waals surface area contributed by atoms with Gasteiger partial charge in [-0.15, -0.1) is 0 Å². The lowest BCUT2D eigenvalue weighted by atomic mass is 9.96. The second-order valence-electron chi connectivity index (χ2n) is 8.89. The van der Waals surface area contributed by atoms with Crippen molar-refractivity contribution in [2.75, 3.05) is 31.1 Å². The van der Waals surface area contributed by atoms with Crippen molar-refractivity contribution in [2.45, 2.75) is 32.7 Å². The van der Waals surface area contributed by atoms with Gasteiger partial charge >= 0.3 is 0 Å². The van der Waals surface area contributed by atoms with Crippen molar-refractivity contribution in [3.8, 4) is 0 Å². The van der Waals surface area contributed by atoms with Gasteiger partial charge in [0.15, 0.2) is 0 Å². The lowest BCUT2D eigenvalue weighted by Gasteiger charge is -2.34. The van der Waals surface area contributed by atoms with Crippen molar-refractivity contribution < 1.29 is 9.59 Å². The number of fused-ring (bicyclic) bond motifs is 1. The normalized spacial score (nSPS) is 14.8. The first-order chi connectivity index (χ1) is 15.5. The van der Waals surface area contributed by atoms with Crippen LogP contribution in [0.1, 0.15) is 37.0 Å². The molecule has 3 aromatic rings. The van der Waals surface area contributed by atoms with Crippen LogP contribution in [0.25, 0.3) is 10.9 Å². The number of likely N-dealkylation sites (tertiary alicyclic amines) is 1. The van der Waals surface area contributed by atoms with Gasteiger partial charge in [-0.1, -0.05) is 38.1 Å². The minimum Gasteiger partial charge on any atom is -0.361 e. The molecule has 1 aromatic heterocycles. The summed E-state index contributed by atoms with van der Waals surface area (Å²) in [6, 6.07) is 17.5. The molecule has 168 valence electrons. The summed E-state index contributed by atoms with van der Waals surface area (Å²) in [5, 5.41) is 4.55. The van der Waals surface area contributed by atoms with Crippen molar-refractivity contribution in [3.05, 3.63) is 66.4 Å². The largest absolute Gasteiger partial charge is 0.361 e. The highest BCUT2D eigenvalue weighted by atomic mass is 16.2. The zero-order valence-electron chi connectivity index (χ0n) is 18.9. The van der Waals surface area contributed by atoms with Gasteiger partial charge in [-0.25, -0.2) is 0 Å². The number of hydrogen-bond donors (Lipinski definition) is 2. The number of benzene rings is 2. The third kappa shape index (κ3) is 5.19. The Morgan fingerprint density at radius 3 is 2.56 bits per heavy atom. The van der Waals surface area contributed by atoms with E-state index in [1.54, 1.807) is 4.90 Å². The molecule has 0 saturated carbocycles. The van der Waals surface area contributed by atoms with Crippen LogP contribution in [0.5, 0.6) is 0 Å². The van der Waals surface area contributed by atoms with Crippen LogP contribution in [-0.4, -0.2) is 53.9 Å². The highest BCUT2D eigenvalue weighted by molar-refractivity contribution is 6.10. The molecule has 32 heavy (non-hydrogen) atoms. The van der Waals surface area contributed by atoms with E-state index in [1.165, 1.54) is 0 Å². The third-order valence-electron chi connectivity index (χ3n) is 6.19. The zero-order chi connectivity index (χ0) is 22.5. The minimum atomic E-state index is -0.169. The number of rotatable bonds is 7. The van der Waals surface area contributed by atoms with Gasteiger partial charge in [-0.2, -0.15) is 0 Å². The number of aromatic nitrogens is 1. The molecule has 0 aliphatic carbocycles. The summed E-state index contributed by atoms with van der Waals surface area (Å²) in [5.41, 5.74) is 2.20. The summed E-state index contributed by atoms with van der Waals surface area (Å²) in [7, 11) is 0. The second-order valence-corrected chi connectivity index (χ2v) is 8.89. The summed E-state index contributed by atoms with van der Waals surface area (Å²) >= 11 is 0. The van der Waals surface area contributed by atoms with Gasteiger partial charge < -0.3 is 15.2 Å². The molecule has 0 bridgehead atoms. The Bertz CT molecular complexity index is 1050. The van der Waals surface area contributed by atoms with Crippen LogP contribution in [0.4, 0.5) is 5.69 Å². The average molecular weight is 433 g/mol. The van der Waals surface area contributed by atoms with E-state index >= 15 is 0 Å². The zero-order valence-corrected chi connectivity index (χ0v) is 18.9. The molecule has 0 radical (unpaired) electrons. The van der Waals surface area contributed by atoms with Crippen LogP contribution < -0.4 is 10.2 Å². The second kappa shape index (κ2) is 10.0. The van der Waals surface area contributed by atoms with E-state index in [1.807, 2.05) is 65.7 Å². The average Bonchev–Trinajstić information content (AvgIpc) is 3.29. The van der Waals surface area contributed by atoms with Crippen LogP contribution in [-0.2, 0) is 4.79 Å². The minimum absolute atomic E-state index is 0.00146. The summed E-state index contributed by atoms with van der Waals surface area (Å²) in [5.74, 6) is 0.427. The predicted octanol–water partition coefficient (Wildman–Crippen LogP) is 4.05. The topological polar surface area (TPSA) is 68.4 Å². The summed E-state index contributed by atoms with van der Waals surface area (Å²) in [6.45, 7) is 6.84. The van der Waals surface area contributed by atoms with Gasteiger partial charge in [0.05, 0.1) is 0 Å². The van der Waals surface area contributed by atoms with Gasteiger partial charge in [0.25, 0.3) is 5.91 Å². The van der Waals surface area contributed by atoms with Crippen LogP contribution >= 0.6 is 0 Å². The molecular weight excluding hydrogens is 400 g/mol. The molecule has 0 unspecified atom stereocenters. The quantitative estimate of drug-likeness (QED) is 0.592. The molecule has 6 nitrogen and oxygen atoms in total. The highest BCUT2D eigenvalue weighted by Crippen LogP contribution is 2.22. The molecule has 6 heteroatoms. The number of amides is 2. The Hall–Kier alpha value is -3.12. The molecule has 2 amide bonds. The van der Waals surface area contributed by atoms with Crippen molar-refractivity contribution in [1.82, 2.24) is 15.2 Å². The number of anilines is 1. The molecule has 1 aliphatic rings. The maximum Gasteiger partial charge on any atom is 0.258 e. The van der Waals surface area contributed by atoms with E-state index in [4.69, 9.17) is 0 Å². The van der Waals surface area contributed by atoms with Crippen molar-refractivity contribution in [2.24, 2.45) is 5.92 Å². The Morgan fingerprint density at radius 1 is 1.09 bits per heavy atom. The fourth-order valence-electron chi connectivity index (χ4n) is 4.25. The lowest BCUT2D eigenvalue weighted by Crippen LogP contribution is -2.47. The number of carbonyl (C=O) groups is 2. The Labute approximate surface area is 189 Å². The number of carbonyl (C=O) groups excluding carboxylic acids is 2. The Balaban J connectivity index is 1.47. The monoisotopic (exact) mass is 432 g/mol. The van der Waals surface area contributed by atoms with Crippen molar-refractivity contribution >= 4 is 28.4 Å². The molecule has 1 fully saturated rings. The number of para-hydroxylation sites is 1. The Morgan fingerprint density at radius 2 is 1.84 bits per heavy atom. The fraction of sp³-hybridized carbons (Fsp3) is 0.385. The summed E-state index contributed by atoms with van der Waals surface area (Å²) < 4.78 is 0. The molecule has 1 aliphatic heterocycles. The van der Waals surface area contributed by atoms with Crippen LogP contribution in [0.15, 0.2) is 60.8 Å². The SMILES string of the molecule is CC(C)NCC1CCN(C(=O)CN(C(=O)c2ccc3cc[nH]c3c2)c2ccccc2)CC1. The van der Waals surface area contributed by atoms with Crippen LogP contribution in [0.3, 0.4) is 0 Å². The van der Waals surface area contributed by atoms with Gasteiger partial charge in [0, 0.05) is 42.1 Å². The van der Waals surface area contributed by atoms with E-state index in [-0.39, 0.29) is 18.4 Å². The first-order valence-electron chi connectivity index (χ1n) is 11.5. The maximum atomic E-state index is 13.5. The molecule has 0 spiro atoms. The molecular formula is C26H32N4O2. The number of hydrogen-bond acceptors (Lipinski definition) is 3. The number of nitrogens with one attached hydrogen (secondary N) is 2. The third-order valence-corrected chi connectivity index (χ3v) is 6.19. The molecule has 2 N–H and O–H groups in total. The van der Waals surface area contributed by atoms with E-state index in [0.29, 0.717) is 17.5 Å². The summed E-state index contributed by atoms with van der Waals surface area (Å²) in [4.78, 5) is 33.3. The van der Waals surface area contributed by atoms with Gasteiger partial charge in [0.1, 0.15) is 6.54 Å². The van der Waals surface area contributed by atoms with E-state index in [9.17, 15) is 9.59 Å². The molecule has 0 atom stereocenters. The first-order valence-corrected chi connectivity index (χ1v) is 11.5. The van der Waals surface area contributed by atoms with E-state index in [0.717, 1.165) is 49.1 Å². The smallest absolute Gasteiger partial charge is 0.258 e. The maximum absolute atomic E-state index is 13.5. The van der Waals surface area contributed by atoms with Crippen LogP contribution in [0.2, 0.25) is 0 Å². The highest BCUT2D eigenvalue weighted by Gasteiger charge is 2.27. The molecule has 4 rings (SSSR count). The standard InChI is InChI=1S/C26H32N4O2/c1-19(2)28-17-20-11-14-29(15-12-20)25(31)18-30(23-6-4-3-5-7-23)26(32)22-9-8-21-10-13-27-24(21)16-22/h3-10,13,16,19-20,27-28H,11-12,14-15,17-18H2,1-2H3. The number of H-pyrrole nitrogens is 1. The number of piperidine rings is 1. The van der Waals surface area contributed by atoms with E-state index < -0.39 is 0 Å². The fourth-order valence-corrected chi connectivity index (χ4v) is 4.25. The molecule has 1 saturated heterocycles. The van der Waals surface area contributed by atoms with Crippen molar-refractivity contribution in [3.63, 3.8) is 0 Å². The van der Waals surface area contributed by atoms with Gasteiger partial charge in [0.2, 0.25) is 5.91 Å². The predicted molar refractivity (Wildman–Crippen MR) is 129 cm³/mol. The first kappa shape index (κ1) is 22.1. The molecule has 2 heterocycles. The van der Waals surface area contributed by atoms with Crippen molar-refractivity contribution in [1.29, 1.82) is 0 Å². The molecule has 2 aromatic carbocycles. The lowest BCUT2D eigenvalue weighted by molar-refractivity contribution is -0.131. The van der Waals surface area contributed by atoms with Gasteiger partial charge in [-0.3, -0.25) is 14.5 Å². The van der Waals surface area contributed by atoms with E-state index in [2.05, 4.69) is 24.1 Å². The van der Waals surface area contributed by atoms with Crippen LogP contribution in [0, 0.1) is 5.92 Å².